The van der Waals surface area contributed by atoms with Crippen LogP contribution in [-0.4, -0.2) is 18.3 Å². The third-order valence-corrected chi connectivity index (χ3v) is 2.96. The zero-order chi connectivity index (χ0) is 17.7. The summed E-state index contributed by atoms with van der Waals surface area (Å²) < 4.78 is 39.9. The van der Waals surface area contributed by atoms with E-state index in [0.717, 1.165) is 12.1 Å². The number of carbonyl (C=O) groups is 2. The van der Waals surface area contributed by atoms with Gasteiger partial charge in [-0.25, -0.2) is 4.79 Å². The van der Waals surface area contributed by atoms with E-state index in [4.69, 9.17) is 0 Å². The van der Waals surface area contributed by atoms with Crippen molar-refractivity contribution in [2.24, 2.45) is 0 Å². The summed E-state index contributed by atoms with van der Waals surface area (Å²) in [5.41, 5.74) is 1.26. The molecule has 2 N–H and O–H groups in total. The molecule has 0 aliphatic heterocycles. The molecule has 0 atom stereocenters. The number of benzene rings is 2. The van der Waals surface area contributed by atoms with Crippen LogP contribution >= 0.6 is 0 Å². The monoisotopic (exact) mass is 339 g/mol. The maximum atomic E-state index is 12.0. The molecule has 2 rings (SSSR count). The highest BCUT2D eigenvalue weighted by atomic mass is 19.4. The van der Waals surface area contributed by atoms with Crippen molar-refractivity contribution < 1.29 is 27.5 Å². The third-order valence-electron chi connectivity index (χ3n) is 2.96. The van der Waals surface area contributed by atoms with E-state index < -0.39 is 24.1 Å². The average Bonchev–Trinajstić information content (AvgIpc) is 2.48. The lowest BCUT2D eigenvalue weighted by Gasteiger charge is -2.10. The van der Waals surface area contributed by atoms with Gasteiger partial charge >= 0.3 is 12.4 Å². The van der Waals surface area contributed by atoms with Crippen LogP contribution in [0.25, 0.3) is 0 Å². The van der Waals surface area contributed by atoms with Crippen molar-refractivity contribution in [3.63, 3.8) is 0 Å². The van der Waals surface area contributed by atoms with Crippen molar-refractivity contribution >= 4 is 17.6 Å². The van der Waals surface area contributed by atoms with Gasteiger partial charge in [0.2, 0.25) is 0 Å². The van der Waals surface area contributed by atoms with Gasteiger partial charge in [0.1, 0.15) is 5.75 Å². The minimum absolute atomic E-state index is 0.208. The molecule has 5 nitrogen and oxygen atoms in total. The van der Waals surface area contributed by atoms with Gasteiger partial charge in [0.25, 0.3) is 5.91 Å². The lowest BCUT2D eigenvalue weighted by Crippen LogP contribution is -2.34. The second-order valence-electron chi connectivity index (χ2n) is 4.80. The topological polar surface area (TPSA) is 67.4 Å². The van der Waals surface area contributed by atoms with Crippen LogP contribution in [0, 0.1) is 6.92 Å². The Labute approximate surface area is 135 Å². The molecule has 0 unspecified atom stereocenters. The fraction of sp³-hybridized carbons (Fsp3) is 0.125. The van der Waals surface area contributed by atoms with Crippen LogP contribution in [0.5, 0.6) is 5.75 Å². The number of ether oxygens (including phenoxy) is 1. The molecule has 0 saturated heterocycles. The van der Waals surface area contributed by atoms with E-state index in [1.807, 2.05) is 0 Å². The van der Waals surface area contributed by atoms with Crippen molar-refractivity contribution in [2.75, 3.05) is 5.32 Å². The van der Waals surface area contributed by atoms with Gasteiger partial charge < -0.3 is 10.1 Å². The second kappa shape index (κ2) is 7.03. The molecule has 0 saturated carbocycles. The summed E-state index contributed by atoms with van der Waals surface area (Å²) in [4.78, 5) is 23.7. The molecule has 0 aliphatic carbocycles. The largest absolute Gasteiger partial charge is 0.573 e. The first-order valence-electron chi connectivity index (χ1n) is 6.78. The lowest BCUT2D eigenvalue weighted by atomic mass is 10.2. The van der Waals surface area contributed by atoms with E-state index in [1.165, 1.54) is 12.1 Å². The molecule has 0 radical (unpaired) electrons. The van der Waals surface area contributed by atoms with Crippen LogP contribution < -0.4 is 15.4 Å². The smallest absolute Gasteiger partial charge is 0.406 e. The molecule has 2 aromatic carbocycles. The van der Waals surface area contributed by atoms with Gasteiger partial charge in [0.15, 0.2) is 0 Å². The summed E-state index contributed by atoms with van der Waals surface area (Å²) in [5.74, 6) is -0.993. The molecule has 0 heterocycles. The highest BCUT2D eigenvalue weighted by Crippen LogP contribution is 2.23. The fourth-order valence-electron chi connectivity index (χ4n) is 1.90. The van der Waals surface area contributed by atoms with E-state index in [9.17, 15) is 22.8 Å². The Bertz CT molecular complexity index is 743. The van der Waals surface area contributed by atoms with Crippen LogP contribution in [0.4, 0.5) is 23.7 Å². The van der Waals surface area contributed by atoms with Gasteiger partial charge in [-0.3, -0.25) is 10.1 Å². The van der Waals surface area contributed by atoms with Crippen molar-refractivity contribution in [3.8, 4) is 5.75 Å². The van der Waals surface area contributed by atoms with Crippen LogP contribution in [0.1, 0.15) is 15.9 Å². The normalized spacial score (nSPS) is 10.8. The molecular formula is C16H13F3N2O3. The van der Waals surface area contributed by atoms with Crippen molar-refractivity contribution in [3.05, 3.63) is 59.7 Å². The summed E-state index contributed by atoms with van der Waals surface area (Å²) in [6.45, 7) is 1.73. The second-order valence-corrected chi connectivity index (χ2v) is 4.80. The molecule has 0 fully saturated rings. The Morgan fingerprint density at radius 3 is 2.21 bits per heavy atom. The number of rotatable bonds is 3. The van der Waals surface area contributed by atoms with Crippen LogP contribution in [0.15, 0.2) is 48.5 Å². The molecule has 126 valence electrons. The number of alkyl halides is 3. The number of imide groups is 1. The Morgan fingerprint density at radius 2 is 1.62 bits per heavy atom. The molecule has 0 aromatic heterocycles. The zero-order valence-corrected chi connectivity index (χ0v) is 12.5. The number of halogens is 3. The predicted molar refractivity (Wildman–Crippen MR) is 80.8 cm³/mol. The quantitative estimate of drug-likeness (QED) is 0.835. The number of hydrogen-bond donors (Lipinski definition) is 2. The summed E-state index contributed by atoms with van der Waals surface area (Å²) >= 11 is 0. The molecule has 0 spiro atoms. The Hall–Kier alpha value is -3.03. The first kappa shape index (κ1) is 17.3. The van der Waals surface area contributed by atoms with Crippen LogP contribution in [-0.2, 0) is 0 Å². The van der Waals surface area contributed by atoms with E-state index in [0.29, 0.717) is 11.1 Å². The molecule has 0 bridgehead atoms. The van der Waals surface area contributed by atoms with E-state index in [-0.39, 0.29) is 5.69 Å². The summed E-state index contributed by atoms with van der Waals surface area (Å²) in [6, 6.07) is 10.5. The number of carbonyl (C=O) groups excluding carboxylic acids is 2. The number of urea groups is 1. The molecular weight excluding hydrogens is 326 g/mol. The Morgan fingerprint density at radius 1 is 1.00 bits per heavy atom. The maximum absolute atomic E-state index is 12.0. The zero-order valence-electron chi connectivity index (χ0n) is 12.5. The van der Waals surface area contributed by atoms with Crippen LogP contribution in [0.2, 0.25) is 0 Å². The highest BCUT2D eigenvalue weighted by Gasteiger charge is 2.30. The Kier molecular flexibility index (Phi) is 5.08. The molecule has 2 aromatic rings. The molecule has 8 heteroatoms. The van der Waals surface area contributed by atoms with Crippen molar-refractivity contribution in [1.82, 2.24) is 5.32 Å². The van der Waals surface area contributed by atoms with Gasteiger partial charge in [0, 0.05) is 11.3 Å². The SMILES string of the molecule is Cc1ccccc1[13C](=O)NC(=O)Nc1ccc(OC(F)(F)F)cc1. The fourth-order valence-corrected chi connectivity index (χ4v) is 1.90. The number of hydrogen-bond acceptors (Lipinski definition) is 3. The highest BCUT2D eigenvalue weighted by molar-refractivity contribution is 6.08. The van der Waals surface area contributed by atoms with Gasteiger partial charge in [-0.05, 0) is 42.8 Å². The summed E-state index contributed by atoms with van der Waals surface area (Å²) in [7, 11) is 0. The van der Waals surface area contributed by atoms with Crippen molar-refractivity contribution in [1.29, 1.82) is 0 Å². The first-order valence-corrected chi connectivity index (χ1v) is 6.78. The lowest BCUT2D eigenvalue weighted by molar-refractivity contribution is -0.274. The van der Waals surface area contributed by atoms with Gasteiger partial charge in [0.05, 0.1) is 0 Å². The van der Waals surface area contributed by atoms with Gasteiger partial charge in [-0.2, -0.15) is 0 Å². The van der Waals surface area contributed by atoms with Crippen molar-refractivity contribution in [2.45, 2.75) is 13.3 Å². The number of anilines is 1. The van der Waals surface area contributed by atoms with E-state index in [1.54, 1.807) is 31.2 Å². The number of amides is 3. The minimum atomic E-state index is -4.79. The standard InChI is InChI=1S/C16H13F3N2O3/c1-10-4-2-3-5-13(10)14(22)21-15(23)20-11-6-8-12(9-7-11)24-16(17,18)19/h2-9H,1H3,(H2,20,21,22,23)/i14+1. The summed E-state index contributed by atoms with van der Waals surface area (Å²) in [5, 5.41) is 4.48. The predicted octanol–water partition coefficient (Wildman–Crippen LogP) is 3.86. The minimum Gasteiger partial charge on any atom is -0.406 e. The van der Waals surface area contributed by atoms with Gasteiger partial charge in [-0.15, -0.1) is 13.2 Å². The molecule has 24 heavy (non-hydrogen) atoms. The maximum Gasteiger partial charge on any atom is 0.573 e. The third kappa shape index (κ3) is 5.01. The van der Waals surface area contributed by atoms with Crippen LogP contribution in [0.3, 0.4) is 0 Å². The van der Waals surface area contributed by atoms with E-state index in [2.05, 4.69) is 15.4 Å². The van der Waals surface area contributed by atoms with E-state index >= 15 is 0 Å². The molecule has 0 aliphatic rings. The molecule has 3 amide bonds. The number of aryl methyl sites for hydroxylation is 1. The average molecular weight is 339 g/mol. The Balaban J connectivity index is 1.95. The number of nitrogens with one attached hydrogen (secondary N) is 2. The summed E-state index contributed by atoms with van der Waals surface area (Å²) in [6.07, 6.45) is -4.79. The van der Waals surface area contributed by atoms with Gasteiger partial charge in [-0.1, -0.05) is 18.2 Å². The first-order chi connectivity index (χ1) is 11.2.